The molecule has 5 nitrogen and oxygen atoms in total. The van der Waals surface area contributed by atoms with Crippen LogP contribution in [0.2, 0.25) is 10.3 Å². The molecule has 7 heteroatoms. The lowest BCUT2D eigenvalue weighted by Crippen LogP contribution is -2.34. The summed E-state index contributed by atoms with van der Waals surface area (Å²) in [6, 6.07) is 2.81. The molecular formula is C13H18Cl2N2O3. The van der Waals surface area contributed by atoms with Crippen LogP contribution in [0.5, 0.6) is 0 Å². The second kappa shape index (κ2) is 8.42. The van der Waals surface area contributed by atoms with Crippen LogP contribution in [-0.4, -0.2) is 41.9 Å². The first kappa shape index (κ1) is 17.2. The number of aromatic nitrogens is 1. The van der Waals surface area contributed by atoms with Crippen molar-refractivity contribution in [3.05, 3.63) is 28.0 Å². The Kier molecular flexibility index (Phi) is 7.23. The standard InChI is InChI=1S/C13H18Cl2N2O3/c1-8(2)6-20-7-10(18)5-16-13(19)9-3-11(14)17-12(15)4-9/h3-4,8,10,18H,5-7H2,1-2H3,(H,16,19). The summed E-state index contributed by atoms with van der Waals surface area (Å²) in [5, 5.41) is 12.5. The van der Waals surface area contributed by atoms with Gasteiger partial charge in [0, 0.05) is 18.7 Å². The Morgan fingerprint density at radius 3 is 2.50 bits per heavy atom. The Morgan fingerprint density at radius 1 is 1.35 bits per heavy atom. The summed E-state index contributed by atoms with van der Waals surface area (Å²) in [7, 11) is 0. The Balaban J connectivity index is 2.39. The van der Waals surface area contributed by atoms with Crippen LogP contribution in [-0.2, 0) is 4.74 Å². The Labute approximate surface area is 128 Å². The third-order valence-electron chi connectivity index (χ3n) is 2.28. The highest BCUT2D eigenvalue weighted by Crippen LogP contribution is 2.14. The molecule has 112 valence electrons. The fourth-order valence-electron chi connectivity index (χ4n) is 1.41. The maximum atomic E-state index is 11.8. The second-order valence-corrected chi connectivity index (χ2v) is 5.57. The molecule has 1 rings (SSSR count). The van der Waals surface area contributed by atoms with E-state index in [1.807, 2.05) is 13.8 Å². The predicted molar refractivity (Wildman–Crippen MR) is 78.3 cm³/mol. The lowest BCUT2D eigenvalue weighted by Gasteiger charge is -2.13. The Hall–Kier alpha value is -0.880. The van der Waals surface area contributed by atoms with Crippen LogP contribution < -0.4 is 5.32 Å². The van der Waals surface area contributed by atoms with Crippen molar-refractivity contribution in [2.24, 2.45) is 5.92 Å². The molecule has 0 aromatic carbocycles. The minimum absolute atomic E-state index is 0.0918. The van der Waals surface area contributed by atoms with Crippen LogP contribution in [0.1, 0.15) is 24.2 Å². The topological polar surface area (TPSA) is 71.5 Å². The molecule has 1 unspecified atom stereocenters. The van der Waals surface area contributed by atoms with Gasteiger partial charge in [0.15, 0.2) is 0 Å². The molecule has 0 fully saturated rings. The minimum Gasteiger partial charge on any atom is -0.389 e. The van der Waals surface area contributed by atoms with Gasteiger partial charge in [-0.2, -0.15) is 0 Å². The van der Waals surface area contributed by atoms with Gasteiger partial charge in [-0.15, -0.1) is 0 Å². The largest absolute Gasteiger partial charge is 0.389 e. The summed E-state index contributed by atoms with van der Waals surface area (Å²) in [6.45, 7) is 4.88. The smallest absolute Gasteiger partial charge is 0.251 e. The van der Waals surface area contributed by atoms with Gasteiger partial charge >= 0.3 is 0 Å². The van der Waals surface area contributed by atoms with Crippen molar-refractivity contribution >= 4 is 29.1 Å². The van der Waals surface area contributed by atoms with E-state index in [1.54, 1.807) is 0 Å². The summed E-state index contributed by atoms with van der Waals surface area (Å²) in [5.41, 5.74) is 0.297. The predicted octanol–water partition coefficient (Wildman–Crippen LogP) is 2.15. The summed E-state index contributed by atoms with van der Waals surface area (Å²) in [5.74, 6) is 0.0250. The molecule has 0 saturated heterocycles. The highest BCUT2D eigenvalue weighted by atomic mass is 35.5. The maximum Gasteiger partial charge on any atom is 0.251 e. The van der Waals surface area contributed by atoms with Crippen molar-refractivity contribution in [2.45, 2.75) is 20.0 Å². The lowest BCUT2D eigenvalue weighted by atomic mass is 10.2. The van der Waals surface area contributed by atoms with Gasteiger partial charge in [0.2, 0.25) is 0 Å². The van der Waals surface area contributed by atoms with Crippen molar-refractivity contribution in [1.29, 1.82) is 0 Å². The van der Waals surface area contributed by atoms with E-state index in [-0.39, 0.29) is 29.4 Å². The number of nitrogens with one attached hydrogen (secondary N) is 1. The molecule has 2 N–H and O–H groups in total. The molecule has 0 aliphatic carbocycles. The molecule has 1 aromatic heterocycles. The molecule has 0 aliphatic rings. The van der Waals surface area contributed by atoms with Crippen LogP contribution in [0.15, 0.2) is 12.1 Å². The molecule has 20 heavy (non-hydrogen) atoms. The first-order valence-corrected chi connectivity index (χ1v) is 7.01. The average molecular weight is 321 g/mol. The van der Waals surface area contributed by atoms with E-state index >= 15 is 0 Å². The first-order valence-electron chi connectivity index (χ1n) is 6.25. The SMILES string of the molecule is CC(C)COCC(O)CNC(=O)c1cc(Cl)nc(Cl)c1. The van der Waals surface area contributed by atoms with Crippen LogP contribution in [0.3, 0.4) is 0 Å². The molecule has 0 saturated carbocycles. The van der Waals surface area contributed by atoms with E-state index in [0.29, 0.717) is 18.1 Å². The summed E-state index contributed by atoms with van der Waals surface area (Å²) >= 11 is 11.4. The number of pyridine rings is 1. The minimum atomic E-state index is -0.759. The number of hydrogen-bond acceptors (Lipinski definition) is 4. The number of halogens is 2. The van der Waals surface area contributed by atoms with E-state index < -0.39 is 6.10 Å². The molecule has 0 bridgehead atoms. The molecule has 0 aliphatic heterocycles. The van der Waals surface area contributed by atoms with Gasteiger partial charge in [-0.1, -0.05) is 37.0 Å². The van der Waals surface area contributed by atoms with Crippen LogP contribution in [0, 0.1) is 5.92 Å². The lowest BCUT2D eigenvalue weighted by molar-refractivity contribution is 0.0259. The van der Waals surface area contributed by atoms with Crippen molar-refractivity contribution in [3.8, 4) is 0 Å². The van der Waals surface area contributed by atoms with Gasteiger partial charge in [0.1, 0.15) is 10.3 Å². The van der Waals surface area contributed by atoms with E-state index in [1.165, 1.54) is 12.1 Å². The number of hydrogen-bond donors (Lipinski definition) is 2. The number of aliphatic hydroxyl groups excluding tert-OH is 1. The third kappa shape index (κ3) is 6.52. The van der Waals surface area contributed by atoms with Crippen LogP contribution in [0.25, 0.3) is 0 Å². The second-order valence-electron chi connectivity index (χ2n) is 4.80. The van der Waals surface area contributed by atoms with Crippen LogP contribution in [0.4, 0.5) is 0 Å². The number of carbonyl (C=O) groups excluding carboxylic acids is 1. The highest BCUT2D eigenvalue weighted by Gasteiger charge is 2.11. The molecular weight excluding hydrogens is 303 g/mol. The average Bonchev–Trinajstić information content (AvgIpc) is 2.34. The molecule has 1 aromatic rings. The van der Waals surface area contributed by atoms with Crippen molar-refractivity contribution < 1.29 is 14.6 Å². The Morgan fingerprint density at radius 2 is 1.95 bits per heavy atom. The van der Waals surface area contributed by atoms with Gasteiger partial charge in [0.25, 0.3) is 5.91 Å². The number of carbonyl (C=O) groups is 1. The summed E-state index contributed by atoms with van der Waals surface area (Å²) in [4.78, 5) is 15.6. The summed E-state index contributed by atoms with van der Waals surface area (Å²) in [6.07, 6.45) is -0.759. The van der Waals surface area contributed by atoms with Gasteiger partial charge < -0.3 is 15.2 Å². The van der Waals surface area contributed by atoms with E-state index in [2.05, 4.69) is 10.3 Å². The quantitative estimate of drug-likeness (QED) is 0.755. The fourth-order valence-corrected chi connectivity index (χ4v) is 1.87. The van der Waals surface area contributed by atoms with Crippen molar-refractivity contribution in [2.75, 3.05) is 19.8 Å². The maximum absolute atomic E-state index is 11.8. The summed E-state index contributed by atoms with van der Waals surface area (Å²) < 4.78 is 5.28. The van der Waals surface area contributed by atoms with Gasteiger partial charge in [0.05, 0.1) is 12.7 Å². The number of amides is 1. The van der Waals surface area contributed by atoms with E-state index in [0.717, 1.165) is 0 Å². The molecule has 1 amide bonds. The fraction of sp³-hybridized carbons (Fsp3) is 0.538. The van der Waals surface area contributed by atoms with Crippen molar-refractivity contribution in [3.63, 3.8) is 0 Å². The van der Waals surface area contributed by atoms with Gasteiger partial charge in [-0.25, -0.2) is 4.98 Å². The number of aliphatic hydroxyl groups is 1. The number of nitrogens with zero attached hydrogens (tertiary/aromatic N) is 1. The number of ether oxygens (including phenoxy) is 1. The third-order valence-corrected chi connectivity index (χ3v) is 2.67. The van der Waals surface area contributed by atoms with Crippen LogP contribution >= 0.6 is 23.2 Å². The zero-order valence-electron chi connectivity index (χ0n) is 11.4. The monoisotopic (exact) mass is 320 g/mol. The molecule has 1 heterocycles. The molecule has 1 atom stereocenters. The molecule has 0 spiro atoms. The normalized spacial score (nSPS) is 12.5. The van der Waals surface area contributed by atoms with Gasteiger partial charge in [-0.05, 0) is 18.1 Å². The zero-order valence-corrected chi connectivity index (χ0v) is 12.9. The van der Waals surface area contributed by atoms with E-state index in [9.17, 15) is 9.90 Å². The van der Waals surface area contributed by atoms with E-state index in [4.69, 9.17) is 27.9 Å². The van der Waals surface area contributed by atoms with Crippen molar-refractivity contribution in [1.82, 2.24) is 10.3 Å². The van der Waals surface area contributed by atoms with Gasteiger partial charge in [-0.3, -0.25) is 4.79 Å². The Bertz CT molecular complexity index is 435. The highest BCUT2D eigenvalue weighted by molar-refractivity contribution is 6.33. The first-order chi connectivity index (χ1) is 9.38. The number of rotatable bonds is 7. The molecule has 0 radical (unpaired) electrons. The zero-order chi connectivity index (χ0) is 15.1.